The van der Waals surface area contributed by atoms with E-state index in [9.17, 15) is 14.4 Å². The van der Waals surface area contributed by atoms with Crippen LogP contribution in [0.2, 0.25) is 0 Å². The van der Waals surface area contributed by atoms with Crippen LogP contribution in [0.3, 0.4) is 0 Å². The molecule has 0 saturated heterocycles. The molecular weight excluding hydrogens is 514 g/mol. The number of ether oxygens (including phenoxy) is 2. The van der Waals surface area contributed by atoms with Crippen molar-refractivity contribution in [3.05, 3.63) is 45.8 Å². The number of carbonyl (C=O) groups is 3. The SMILES string of the molecule is COC(=O)c1c(NC(=O)C23CC4CC(CC(C4)C2)C3)sc2c1CCN(Cc1cccc(OC(=O)N(C)C)c1)C2. The molecule has 7 rings (SSSR count). The number of esters is 1. The lowest BCUT2D eigenvalue weighted by Crippen LogP contribution is -2.51. The molecule has 0 radical (unpaired) electrons. The number of benzene rings is 1. The maximum Gasteiger partial charge on any atom is 0.414 e. The highest BCUT2D eigenvalue weighted by molar-refractivity contribution is 7.17. The van der Waals surface area contributed by atoms with Crippen LogP contribution in [0.4, 0.5) is 9.80 Å². The lowest BCUT2D eigenvalue weighted by Gasteiger charge is -2.55. The molecule has 4 saturated carbocycles. The third-order valence-electron chi connectivity index (χ3n) is 9.15. The Bertz CT molecular complexity index is 1270. The molecule has 5 aliphatic rings. The molecule has 0 spiro atoms. The standard InChI is InChI=1S/C30H37N3O5S/c1-32(2)29(36)38-22-6-4-5-18(12-22)16-33-8-7-23-24(17-33)39-26(25(23)27(34)37-3)31-28(35)30-13-19-9-20(14-30)11-21(10-19)15-30/h4-6,12,19-21H,7-11,13-17H2,1-3H3,(H,31,35). The highest BCUT2D eigenvalue weighted by Gasteiger charge is 2.54. The quantitative estimate of drug-likeness (QED) is 0.490. The summed E-state index contributed by atoms with van der Waals surface area (Å²) in [6, 6.07) is 7.58. The number of hydrogen-bond donors (Lipinski definition) is 1. The Morgan fingerprint density at radius 1 is 1.10 bits per heavy atom. The Hall–Kier alpha value is -2.91. The average Bonchev–Trinajstić information content (AvgIpc) is 3.24. The second-order valence-corrected chi connectivity index (χ2v) is 13.3. The summed E-state index contributed by atoms with van der Waals surface area (Å²) in [5.74, 6) is 2.28. The van der Waals surface area contributed by atoms with Gasteiger partial charge in [-0.2, -0.15) is 0 Å². The number of methoxy groups -OCH3 is 1. The molecule has 2 amide bonds. The molecule has 4 bridgehead atoms. The molecule has 8 nitrogen and oxygen atoms in total. The lowest BCUT2D eigenvalue weighted by molar-refractivity contribution is -0.140. The van der Waals surface area contributed by atoms with E-state index in [1.807, 2.05) is 18.2 Å². The van der Waals surface area contributed by atoms with Gasteiger partial charge in [0, 0.05) is 38.6 Å². The van der Waals surface area contributed by atoms with Crippen LogP contribution in [-0.2, 0) is 29.0 Å². The van der Waals surface area contributed by atoms with Crippen LogP contribution in [0, 0.1) is 23.2 Å². The Balaban J connectivity index is 1.19. The first-order valence-corrected chi connectivity index (χ1v) is 14.8. The van der Waals surface area contributed by atoms with Crippen molar-refractivity contribution >= 4 is 34.3 Å². The average molecular weight is 552 g/mol. The van der Waals surface area contributed by atoms with E-state index in [0.29, 0.717) is 53.6 Å². The van der Waals surface area contributed by atoms with Gasteiger partial charge >= 0.3 is 12.1 Å². The first-order chi connectivity index (χ1) is 18.7. The van der Waals surface area contributed by atoms with Gasteiger partial charge in [-0.05, 0) is 86.0 Å². The molecule has 2 aromatic rings. The zero-order valence-electron chi connectivity index (χ0n) is 23.0. The summed E-state index contributed by atoms with van der Waals surface area (Å²) < 4.78 is 10.6. The molecule has 1 N–H and O–H groups in total. The molecule has 2 heterocycles. The summed E-state index contributed by atoms with van der Waals surface area (Å²) in [5.41, 5.74) is 2.30. The molecule has 39 heavy (non-hydrogen) atoms. The molecule has 1 aromatic carbocycles. The van der Waals surface area contributed by atoms with E-state index in [2.05, 4.69) is 10.2 Å². The zero-order chi connectivity index (χ0) is 27.3. The monoisotopic (exact) mass is 551 g/mol. The fourth-order valence-electron chi connectivity index (χ4n) is 7.78. The summed E-state index contributed by atoms with van der Waals surface area (Å²) in [5, 5.41) is 3.89. The van der Waals surface area contributed by atoms with Crippen molar-refractivity contribution in [1.29, 1.82) is 0 Å². The number of thiophene rings is 1. The first kappa shape index (κ1) is 26.3. The second-order valence-electron chi connectivity index (χ2n) is 12.2. The van der Waals surface area contributed by atoms with Gasteiger partial charge in [0.25, 0.3) is 0 Å². The minimum atomic E-state index is -0.410. The maximum atomic E-state index is 13.8. The van der Waals surface area contributed by atoms with E-state index in [1.165, 1.54) is 42.6 Å². The first-order valence-electron chi connectivity index (χ1n) is 14.0. The minimum Gasteiger partial charge on any atom is -0.465 e. The number of nitrogens with zero attached hydrogens (tertiary/aromatic N) is 2. The van der Waals surface area contributed by atoms with Crippen LogP contribution < -0.4 is 10.1 Å². The predicted molar refractivity (Wildman–Crippen MR) is 149 cm³/mol. The van der Waals surface area contributed by atoms with Gasteiger partial charge in [0.05, 0.1) is 18.1 Å². The summed E-state index contributed by atoms with van der Waals surface area (Å²) in [6.07, 6.45) is 7.10. The Kier molecular flexibility index (Phi) is 6.91. The number of nitrogens with one attached hydrogen (secondary N) is 1. The van der Waals surface area contributed by atoms with Crippen molar-refractivity contribution < 1.29 is 23.9 Å². The van der Waals surface area contributed by atoms with Crippen LogP contribution in [0.15, 0.2) is 24.3 Å². The van der Waals surface area contributed by atoms with E-state index in [4.69, 9.17) is 9.47 Å². The van der Waals surface area contributed by atoms with Crippen molar-refractivity contribution in [2.75, 3.05) is 33.1 Å². The normalized spacial score (nSPS) is 27.1. The molecule has 9 heteroatoms. The summed E-state index contributed by atoms with van der Waals surface area (Å²) in [6.45, 7) is 2.14. The van der Waals surface area contributed by atoms with Crippen LogP contribution in [0.25, 0.3) is 0 Å². The lowest BCUT2D eigenvalue weighted by atomic mass is 9.49. The number of carbonyl (C=O) groups excluding carboxylic acids is 3. The van der Waals surface area contributed by atoms with E-state index in [-0.39, 0.29) is 17.3 Å². The van der Waals surface area contributed by atoms with Crippen molar-refractivity contribution in [2.24, 2.45) is 23.2 Å². The van der Waals surface area contributed by atoms with Gasteiger partial charge in [0.1, 0.15) is 10.8 Å². The molecule has 4 fully saturated rings. The van der Waals surface area contributed by atoms with Crippen molar-refractivity contribution in [3.63, 3.8) is 0 Å². The number of rotatable bonds is 6. The van der Waals surface area contributed by atoms with Gasteiger partial charge in [-0.1, -0.05) is 12.1 Å². The van der Waals surface area contributed by atoms with Crippen molar-refractivity contribution in [2.45, 2.75) is 58.0 Å². The fraction of sp³-hybridized carbons (Fsp3) is 0.567. The van der Waals surface area contributed by atoms with Gasteiger partial charge in [0.15, 0.2) is 0 Å². The second kappa shape index (κ2) is 10.2. The Morgan fingerprint density at radius 3 is 2.44 bits per heavy atom. The van der Waals surface area contributed by atoms with E-state index < -0.39 is 6.09 Å². The largest absolute Gasteiger partial charge is 0.465 e. The van der Waals surface area contributed by atoms with Crippen LogP contribution in [0.5, 0.6) is 5.75 Å². The van der Waals surface area contributed by atoms with Crippen molar-refractivity contribution in [1.82, 2.24) is 9.80 Å². The summed E-state index contributed by atoms with van der Waals surface area (Å²) in [4.78, 5) is 43.5. The summed E-state index contributed by atoms with van der Waals surface area (Å²) in [7, 11) is 4.71. The van der Waals surface area contributed by atoms with Gasteiger partial charge in [-0.25, -0.2) is 9.59 Å². The van der Waals surface area contributed by atoms with Crippen molar-refractivity contribution in [3.8, 4) is 5.75 Å². The minimum absolute atomic E-state index is 0.103. The fourth-order valence-corrected chi connectivity index (χ4v) is 9.05. The Morgan fingerprint density at radius 2 is 1.79 bits per heavy atom. The zero-order valence-corrected chi connectivity index (χ0v) is 23.8. The number of anilines is 1. The Labute approximate surface area is 233 Å². The molecule has 208 valence electrons. The third kappa shape index (κ3) is 5.07. The third-order valence-corrected chi connectivity index (χ3v) is 10.3. The molecule has 4 aliphatic carbocycles. The van der Waals surface area contributed by atoms with Crippen LogP contribution in [0.1, 0.15) is 64.9 Å². The number of amides is 2. The topological polar surface area (TPSA) is 88.2 Å². The molecule has 1 aliphatic heterocycles. The number of fused-ring (bicyclic) bond motifs is 1. The molecule has 0 atom stereocenters. The smallest absolute Gasteiger partial charge is 0.414 e. The highest BCUT2D eigenvalue weighted by Crippen LogP contribution is 2.60. The van der Waals surface area contributed by atoms with Gasteiger partial charge in [-0.3, -0.25) is 9.69 Å². The van der Waals surface area contributed by atoms with E-state index >= 15 is 0 Å². The van der Waals surface area contributed by atoms with Gasteiger partial charge in [-0.15, -0.1) is 11.3 Å². The van der Waals surface area contributed by atoms with E-state index in [1.54, 1.807) is 20.2 Å². The number of hydrogen-bond acceptors (Lipinski definition) is 7. The highest BCUT2D eigenvalue weighted by atomic mass is 32.1. The van der Waals surface area contributed by atoms with Crippen LogP contribution in [-0.4, -0.2) is 55.5 Å². The summed E-state index contributed by atoms with van der Waals surface area (Å²) >= 11 is 1.52. The van der Waals surface area contributed by atoms with Crippen LogP contribution >= 0.6 is 11.3 Å². The molecular formula is C30H37N3O5S. The van der Waals surface area contributed by atoms with Gasteiger partial charge in [0.2, 0.25) is 5.91 Å². The van der Waals surface area contributed by atoms with Gasteiger partial charge < -0.3 is 19.7 Å². The van der Waals surface area contributed by atoms with E-state index in [0.717, 1.165) is 41.8 Å². The predicted octanol–water partition coefficient (Wildman–Crippen LogP) is 5.31. The molecule has 0 unspecified atom stereocenters. The maximum absolute atomic E-state index is 13.8. The molecule has 1 aromatic heterocycles.